The molecule has 1 N–H and O–H groups in total. The van der Waals surface area contributed by atoms with E-state index in [1.54, 1.807) is 18.2 Å². The minimum Gasteiger partial charge on any atom is -0.454 e. The van der Waals surface area contributed by atoms with Crippen molar-refractivity contribution >= 4 is 33.5 Å². The van der Waals surface area contributed by atoms with Crippen LogP contribution in [0.5, 0.6) is 11.5 Å². The van der Waals surface area contributed by atoms with Crippen molar-refractivity contribution in [2.75, 3.05) is 12.2 Å². The third-order valence-corrected chi connectivity index (χ3v) is 4.36. The van der Waals surface area contributed by atoms with Gasteiger partial charge in [-0.05, 0) is 50.6 Å². The van der Waals surface area contributed by atoms with Gasteiger partial charge in [0.05, 0.1) is 16.8 Å². The van der Waals surface area contributed by atoms with E-state index >= 15 is 0 Å². The fourth-order valence-corrected chi connectivity index (χ4v) is 2.82. The fraction of sp³-hybridized carbons (Fsp3) is 0.0667. The molecule has 0 amide bonds. The zero-order valence-electron chi connectivity index (χ0n) is 13.4. The molecular weight excluding hydrogens is 422 g/mol. The SMILES string of the molecule is O=[N+]([O-])c1cc(-n2cnnn2)ccc1N/N=C\c1cc2c(cc1Br)OCO2. The maximum absolute atomic E-state index is 11.4. The van der Waals surface area contributed by atoms with Gasteiger partial charge in [0.2, 0.25) is 6.79 Å². The van der Waals surface area contributed by atoms with Gasteiger partial charge >= 0.3 is 0 Å². The molecule has 27 heavy (non-hydrogen) atoms. The van der Waals surface area contributed by atoms with E-state index in [1.807, 2.05) is 0 Å². The number of aromatic nitrogens is 4. The Morgan fingerprint density at radius 1 is 1.30 bits per heavy atom. The predicted molar refractivity (Wildman–Crippen MR) is 97.3 cm³/mol. The van der Waals surface area contributed by atoms with Crippen LogP contribution >= 0.6 is 15.9 Å². The molecule has 0 atom stereocenters. The van der Waals surface area contributed by atoms with E-state index in [2.05, 4.69) is 42.0 Å². The highest BCUT2D eigenvalue weighted by atomic mass is 79.9. The highest BCUT2D eigenvalue weighted by molar-refractivity contribution is 9.10. The topological polar surface area (TPSA) is 130 Å². The van der Waals surface area contributed by atoms with Crippen molar-refractivity contribution < 1.29 is 14.4 Å². The number of fused-ring (bicyclic) bond motifs is 1. The number of anilines is 1. The van der Waals surface area contributed by atoms with Gasteiger partial charge in [-0.15, -0.1) is 5.10 Å². The lowest BCUT2D eigenvalue weighted by atomic mass is 10.2. The average molecular weight is 432 g/mol. The molecule has 1 aliphatic rings. The van der Waals surface area contributed by atoms with E-state index in [9.17, 15) is 10.1 Å². The number of hydrogen-bond acceptors (Lipinski definition) is 9. The second kappa shape index (κ2) is 6.99. The minimum atomic E-state index is -0.512. The molecule has 0 aliphatic carbocycles. The van der Waals surface area contributed by atoms with Crippen molar-refractivity contribution in [2.45, 2.75) is 0 Å². The molecule has 0 spiro atoms. The molecule has 0 unspecified atom stereocenters. The average Bonchev–Trinajstić information content (AvgIpc) is 3.33. The van der Waals surface area contributed by atoms with E-state index < -0.39 is 4.92 Å². The number of nitro benzene ring substituents is 1. The number of hydrazone groups is 1. The predicted octanol–water partition coefficient (Wildman–Crippen LogP) is 2.51. The molecule has 2 aromatic carbocycles. The maximum atomic E-state index is 11.4. The van der Waals surface area contributed by atoms with Gasteiger partial charge in [-0.2, -0.15) is 5.10 Å². The van der Waals surface area contributed by atoms with Gasteiger partial charge in [-0.1, -0.05) is 0 Å². The summed E-state index contributed by atoms with van der Waals surface area (Å²) in [6, 6.07) is 8.05. The molecule has 4 rings (SSSR count). The highest BCUT2D eigenvalue weighted by Gasteiger charge is 2.17. The quantitative estimate of drug-likeness (QED) is 0.370. The summed E-state index contributed by atoms with van der Waals surface area (Å²) in [5, 5.41) is 26.2. The van der Waals surface area contributed by atoms with Crippen LogP contribution in [0.1, 0.15) is 5.56 Å². The molecule has 0 saturated carbocycles. The van der Waals surface area contributed by atoms with Crippen LogP contribution in [0.25, 0.3) is 5.69 Å². The largest absolute Gasteiger partial charge is 0.454 e. The number of nitrogens with one attached hydrogen (secondary N) is 1. The van der Waals surface area contributed by atoms with Gasteiger partial charge in [0.1, 0.15) is 12.0 Å². The molecule has 1 aliphatic heterocycles. The Hall–Kier alpha value is -3.54. The van der Waals surface area contributed by atoms with Crippen LogP contribution in [-0.4, -0.2) is 38.1 Å². The van der Waals surface area contributed by atoms with Crippen LogP contribution in [0.3, 0.4) is 0 Å². The van der Waals surface area contributed by atoms with E-state index in [1.165, 1.54) is 29.4 Å². The molecule has 12 heteroatoms. The van der Waals surface area contributed by atoms with Crippen molar-refractivity contribution in [3.05, 3.63) is 56.8 Å². The summed E-state index contributed by atoms with van der Waals surface area (Å²) in [7, 11) is 0. The number of nitro groups is 1. The van der Waals surface area contributed by atoms with Crippen LogP contribution in [0.4, 0.5) is 11.4 Å². The number of ether oxygens (including phenoxy) is 2. The standard InChI is InChI=1S/C15H10BrN7O4/c16-11-5-15-14(26-8-27-15)3-9(11)6-17-19-12-2-1-10(4-13(12)23(24)25)22-7-18-20-21-22/h1-7,19H,8H2/b17-6-. The second-order valence-electron chi connectivity index (χ2n) is 5.31. The Bertz CT molecular complexity index is 1040. The molecule has 3 aromatic rings. The van der Waals surface area contributed by atoms with E-state index in [4.69, 9.17) is 9.47 Å². The van der Waals surface area contributed by atoms with Crippen LogP contribution in [0, 0.1) is 10.1 Å². The molecule has 0 fully saturated rings. The summed E-state index contributed by atoms with van der Waals surface area (Å²) >= 11 is 3.42. The summed E-state index contributed by atoms with van der Waals surface area (Å²) in [4.78, 5) is 10.9. The molecule has 1 aromatic heterocycles. The normalized spacial score (nSPS) is 12.5. The van der Waals surface area contributed by atoms with Crippen molar-refractivity contribution in [3.8, 4) is 17.2 Å². The van der Waals surface area contributed by atoms with Crippen LogP contribution in [0.15, 0.2) is 46.2 Å². The Balaban J connectivity index is 1.58. The van der Waals surface area contributed by atoms with E-state index in [-0.39, 0.29) is 18.2 Å². The van der Waals surface area contributed by atoms with E-state index in [0.717, 1.165) is 10.0 Å². The first-order valence-corrected chi connectivity index (χ1v) is 8.31. The van der Waals surface area contributed by atoms with Crippen LogP contribution in [-0.2, 0) is 0 Å². The Morgan fingerprint density at radius 2 is 2.11 bits per heavy atom. The first-order valence-electron chi connectivity index (χ1n) is 7.52. The Morgan fingerprint density at radius 3 is 2.85 bits per heavy atom. The first-order chi connectivity index (χ1) is 13.1. The zero-order valence-corrected chi connectivity index (χ0v) is 15.0. The van der Waals surface area contributed by atoms with Crippen molar-refractivity contribution in [2.24, 2.45) is 5.10 Å². The molecule has 0 saturated heterocycles. The summed E-state index contributed by atoms with van der Waals surface area (Å²) in [6.45, 7) is 0.167. The molecule has 0 radical (unpaired) electrons. The molecular formula is C15H10BrN7O4. The lowest BCUT2D eigenvalue weighted by Crippen LogP contribution is -2.01. The van der Waals surface area contributed by atoms with Gasteiger partial charge in [0.15, 0.2) is 11.5 Å². The zero-order chi connectivity index (χ0) is 18.8. The van der Waals surface area contributed by atoms with E-state index in [0.29, 0.717) is 17.2 Å². The third-order valence-electron chi connectivity index (χ3n) is 3.67. The minimum absolute atomic E-state index is 0.162. The third kappa shape index (κ3) is 3.42. The lowest BCUT2D eigenvalue weighted by molar-refractivity contribution is -0.383. The van der Waals surface area contributed by atoms with Crippen molar-refractivity contribution in [3.63, 3.8) is 0 Å². The first kappa shape index (κ1) is 16.9. The van der Waals surface area contributed by atoms with Gasteiger partial charge < -0.3 is 9.47 Å². The van der Waals surface area contributed by atoms with Crippen molar-refractivity contribution in [1.29, 1.82) is 0 Å². The lowest BCUT2D eigenvalue weighted by Gasteiger charge is -2.05. The summed E-state index contributed by atoms with van der Waals surface area (Å²) in [5.74, 6) is 1.25. The number of nitrogens with zero attached hydrogens (tertiary/aromatic N) is 6. The number of rotatable bonds is 5. The monoisotopic (exact) mass is 431 g/mol. The summed E-state index contributed by atoms with van der Waals surface area (Å²) in [5.41, 5.74) is 3.93. The fourth-order valence-electron chi connectivity index (χ4n) is 2.39. The van der Waals surface area contributed by atoms with Gasteiger partial charge in [0.25, 0.3) is 5.69 Å². The number of hydrogen-bond donors (Lipinski definition) is 1. The Kier molecular flexibility index (Phi) is 4.38. The van der Waals surface area contributed by atoms with Gasteiger partial charge in [-0.25, -0.2) is 4.68 Å². The highest BCUT2D eigenvalue weighted by Crippen LogP contribution is 2.36. The second-order valence-corrected chi connectivity index (χ2v) is 6.16. The molecule has 0 bridgehead atoms. The van der Waals surface area contributed by atoms with Crippen LogP contribution < -0.4 is 14.9 Å². The van der Waals surface area contributed by atoms with Gasteiger partial charge in [-0.3, -0.25) is 15.5 Å². The number of halogens is 1. The summed E-state index contributed by atoms with van der Waals surface area (Å²) in [6.07, 6.45) is 2.87. The number of benzene rings is 2. The Labute approximate surface area is 159 Å². The molecule has 2 heterocycles. The smallest absolute Gasteiger partial charge is 0.296 e. The number of tetrazole rings is 1. The van der Waals surface area contributed by atoms with Crippen LogP contribution in [0.2, 0.25) is 0 Å². The maximum Gasteiger partial charge on any atom is 0.296 e. The summed E-state index contributed by atoms with van der Waals surface area (Å²) < 4.78 is 12.7. The molecule has 11 nitrogen and oxygen atoms in total. The van der Waals surface area contributed by atoms with Crippen molar-refractivity contribution in [1.82, 2.24) is 20.2 Å². The molecule has 136 valence electrons. The van der Waals surface area contributed by atoms with Gasteiger partial charge in [0, 0.05) is 16.1 Å².